The van der Waals surface area contributed by atoms with E-state index in [-0.39, 0.29) is 12.5 Å². The molecule has 0 saturated carbocycles. The van der Waals surface area contributed by atoms with E-state index in [4.69, 9.17) is 4.74 Å². The lowest BCUT2D eigenvalue weighted by atomic mass is 10.1. The van der Waals surface area contributed by atoms with Gasteiger partial charge in [0, 0.05) is 11.3 Å². The van der Waals surface area contributed by atoms with E-state index < -0.39 is 10.0 Å². The van der Waals surface area contributed by atoms with Gasteiger partial charge in [-0.3, -0.25) is 9.10 Å². The maximum Gasteiger partial charge on any atom is 0.255 e. The van der Waals surface area contributed by atoms with Crippen molar-refractivity contribution in [3.05, 3.63) is 89.5 Å². The molecule has 1 amide bonds. The predicted molar refractivity (Wildman–Crippen MR) is 124 cm³/mol. The van der Waals surface area contributed by atoms with Gasteiger partial charge in [-0.15, -0.1) is 0 Å². The number of carbonyl (C=O) groups excluding carboxylic acids is 1. The summed E-state index contributed by atoms with van der Waals surface area (Å²) in [6.07, 6.45) is 1.17. The average Bonchev–Trinajstić information content (AvgIpc) is 2.74. The molecule has 1 N–H and O–H groups in total. The molecule has 0 saturated heterocycles. The highest BCUT2D eigenvalue weighted by Crippen LogP contribution is 2.24. The summed E-state index contributed by atoms with van der Waals surface area (Å²) in [6.45, 7) is 4.52. The molecule has 0 aliphatic rings. The number of hydrogen-bond acceptors (Lipinski definition) is 4. The molecule has 0 aliphatic heterocycles. The van der Waals surface area contributed by atoms with E-state index in [1.54, 1.807) is 48.5 Å². The van der Waals surface area contributed by atoms with Crippen molar-refractivity contribution in [3.8, 4) is 5.75 Å². The van der Waals surface area contributed by atoms with Gasteiger partial charge in [0.2, 0.25) is 10.0 Å². The topological polar surface area (TPSA) is 75.7 Å². The van der Waals surface area contributed by atoms with Crippen molar-refractivity contribution < 1.29 is 17.9 Å². The number of nitrogens with zero attached hydrogens (tertiary/aromatic N) is 1. The second-order valence-electron chi connectivity index (χ2n) is 7.16. The second kappa shape index (κ2) is 9.66. The molecule has 0 spiro atoms. The Balaban J connectivity index is 1.75. The Hall–Kier alpha value is -3.32. The van der Waals surface area contributed by atoms with E-state index in [2.05, 4.69) is 5.32 Å². The van der Waals surface area contributed by atoms with Gasteiger partial charge in [0.15, 0.2) is 0 Å². The number of hydrogen-bond donors (Lipinski definition) is 1. The summed E-state index contributed by atoms with van der Waals surface area (Å²) in [5, 5.41) is 2.90. The lowest BCUT2D eigenvalue weighted by Gasteiger charge is -2.23. The van der Waals surface area contributed by atoms with Crippen molar-refractivity contribution in [2.45, 2.75) is 20.4 Å². The van der Waals surface area contributed by atoms with Gasteiger partial charge in [-0.05, 0) is 67.4 Å². The van der Waals surface area contributed by atoms with Crippen LogP contribution in [0.15, 0.2) is 72.8 Å². The number of rotatable bonds is 8. The van der Waals surface area contributed by atoms with Gasteiger partial charge in [0.05, 0.1) is 25.1 Å². The fraction of sp³-hybridized carbons (Fsp3) is 0.208. The molecule has 0 atom stereocenters. The van der Waals surface area contributed by atoms with Crippen LogP contribution in [0.2, 0.25) is 0 Å². The molecule has 31 heavy (non-hydrogen) atoms. The van der Waals surface area contributed by atoms with Gasteiger partial charge in [0.1, 0.15) is 5.75 Å². The highest BCUT2D eigenvalue weighted by Gasteiger charge is 2.18. The molecule has 7 heteroatoms. The van der Waals surface area contributed by atoms with Crippen LogP contribution in [0.5, 0.6) is 5.75 Å². The zero-order valence-electron chi connectivity index (χ0n) is 17.8. The van der Waals surface area contributed by atoms with E-state index in [1.165, 1.54) is 10.6 Å². The second-order valence-corrected chi connectivity index (χ2v) is 9.07. The summed E-state index contributed by atoms with van der Waals surface area (Å²) in [6, 6.07) is 21.4. The fourth-order valence-corrected chi connectivity index (χ4v) is 4.00. The Labute approximate surface area is 183 Å². The van der Waals surface area contributed by atoms with Crippen LogP contribution in [0.25, 0.3) is 0 Å². The van der Waals surface area contributed by atoms with Crippen molar-refractivity contribution in [3.63, 3.8) is 0 Å². The number of anilines is 2. The third kappa shape index (κ3) is 5.86. The Bertz CT molecular complexity index is 1140. The number of para-hydroxylation sites is 1. The quantitative estimate of drug-likeness (QED) is 0.557. The first-order valence-electron chi connectivity index (χ1n) is 9.94. The molecule has 0 heterocycles. The number of benzene rings is 3. The van der Waals surface area contributed by atoms with Crippen molar-refractivity contribution in [1.29, 1.82) is 0 Å². The molecule has 0 radical (unpaired) electrons. The van der Waals surface area contributed by atoms with E-state index in [0.29, 0.717) is 23.6 Å². The van der Waals surface area contributed by atoms with Crippen LogP contribution < -0.4 is 14.4 Å². The van der Waals surface area contributed by atoms with Crippen LogP contribution >= 0.6 is 0 Å². The maximum atomic E-state index is 12.5. The minimum Gasteiger partial charge on any atom is -0.494 e. The SMILES string of the molecule is CCOc1ccc(N(Cc2ccc(C(=O)Nc3ccccc3C)cc2)S(C)(=O)=O)cc1. The van der Waals surface area contributed by atoms with Crippen LogP contribution in [-0.2, 0) is 16.6 Å². The molecular weight excluding hydrogens is 412 g/mol. The first kappa shape index (κ1) is 22.4. The molecule has 0 aromatic heterocycles. The number of sulfonamides is 1. The fourth-order valence-electron chi connectivity index (χ4n) is 3.11. The van der Waals surface area contributed by atoms with Crippen LogP contribution in [0, 0.1) is 6.92 Å². The number of ether oxygens (including phenoxy) is 1. The van der Waals surface area contributed by atoms with Gasteiger partial charge in [-0.2, -0.15) is 0 Å². The zero-order valence-corrected chi connectivity index (χ0v) is 18.6. The molecule has 0 aliphatic carbocycles. The Morgan fingerprint density at radius 1 is 0.968 bits per heavy atom. The molecule has 162 valence electrons. The van der Waals surface area contributed by atoms with Gasteiger partial charge < -0.3 is 10.1 Å². The maximum absolute atomic E-state index is 12.5. The van der Waals surface area contributed by atoms with Crippen molar-refractivity contribution in [2.75, 3.05) is 22.5 Å². The largest absolute Gasteiger partial charge is 0.494 e. The molecule has 0 unspecified atom stereocenters. The van der Waals surface area contributed by atoms with Crippen LogP contribution in [0.3, 0.4) is 0 Å². The minimum atomic E-state index is -3.50. The number of aryl methyl sites for hydroxylation is 1. The summed E-state index contributed by atoms with van der Waals surface area (Å²) in [5.41, 5.74) is 3.56. The highest BCUT2D eigenvalue weighted by atomic mass is 32.2. The third-order valence-corrected chi connectivity index (χ3v) is 5.91. The first-order chi connectivity index (χ1) is 14.8. The van der Waals surface area contributed by atoms with Crippen LogP contribution in [-0.4, -0.2) is 27.2 Å². The molecule has 3 aromatic rings. The van der Waals surface area contributed by atoms with E-state index >= 15 is 0 Å². The van der Waals surface area contributed by atoms with Gasteiger partial charge in [-0.1, -0.05) is 30.3 Å². The van der Waals surface area contributed by atoms with Crippen molar-refractivity contribution in [2.24, 2.45) is 0 Å². The van der Waals surface area contributed by atoms with E-state index in [0.717, 1.165) is 16.8 Å². The highest BCUT2D eigenvalue weighted by molar-refractivity contribution is 7.92. The molecule has 6 nitrogen and oxygen atoms in total. The Kier molecular flexibility index (Phi) is 6.97. The molecule has 0 fully saturated rings. The minimum absolute atomic E-state index is 0.159. The summed E-state index contributed by atoms with van der Waals surface area (Å²) in [7, 11) is -3.50. The van der Waals surface area contributed by atoms with Crippen molar-refractivity contribution in [1.82, 2.24) is 0 Å². The van der Waals surface area contributed by atoms with E-state index in [9.17, 15) is 13.2 Å². The normalized spacial score (nSPS) is 11.1. The predicted octanol–water partition coefficient (Wildman–Crippen LogP) is 4.61. The summed E-state index contributed by atoms with van der Waals surface area (Å²) in [5.74, 6) is 0.469. The molecule has 3 aromatic carbocycles. The Morgan fingerprint density at radius 3 is 2.19 bits per heavy atom. The van der Waals surface area contributed by atoms with Crippen LogP contribution in [0.1, 0.15) is 28.4 Å². The number of carbonyl (C=O) groups is 1. The van der Waals surface area contributed by atoms with Crippen LogP contribution in [0.4, 0.5) is 11.4 Å². The van der Waals surface area contributed by atoms with Gasteiger partial charge in [0.25, 0.3) is 5.91 Å². The number of amides is 1. The lowest BCUT2D eigenvalue weighted by molar-refractivity contribution is 0.102. The van der Waals surface area contributed by atoms with Gasteiger partial charge in [-0.25, -0.2) is 8.42 Å². The standard InChI is InChI=1S/C24H26N2O4S/c1-4-30-22-15-13-21(14-16-22)26(31(3,28)29)17-19-9-11-20(12-10-19)24(27)25-23-8-6-5-7-18(23)2/h5-16H,4,17H2,1-3H3,(H,25,27). The van der Waals surface area contributed by atoms with Gasteiger partial charge >= 0.3 is 0 Å². The molecule has 3 rings (SSSR count). The Morgan fingerprint density at radius 2 is 1.61 bits per heavy atom. The lowest BCUT2D eigenvalue weighted by Crippen LogP contribution is -2.29. The monoisotopic (exact) mass is 438 g/mol. The summed E-state index contributed by atoms with van der Waals surface area (Å²) >= 11 is 0. The smallest absolute Gasteiger partial charge is 0.255 e. The summed E-state index contributed by atoms with van der Waals surface area (Å²) in [4.78, 5) is 12.5. The summed E-state index contributed by atoms with van der Waals surface area (Å²) < 4.78 is 31.5. The average molecular weight is 439 g/mol. The molecular formula is C24H26N2O4S. The van der Waals surface area contributed by atoms with E-state index in [1.807, 2.05) is 38.1 Å². The zero-order chi connectivity index (χ0) is 22.4. The third-order valence-electron chi connectivity index (χ3n) is 4.77. The van der Waals surface area contributed by atoms with Crippen molar-refractivity contribution >= 4 is 27.3 Å². The number of nitrogens with one attached hydrogen (secondary N) is 1. The first-order valence-corrected chi connectivity index (χ1v) is 11.8. The molecule has 0 bridgehead atoms.